The molecule has 0 amide bonds. The van der Waals surface area contributed by atoms with Crippen molar-refractivity contribution in [1.29, 1.82) is 0 Å². The van der Waals surface area contributed by atoms with E-state index in [0.29, 0.717) is 35.5 Å². The van der Waals surface area contributed by atoms with Gasteiger partial charge in [-0.25, -0.2) is 19.9 Å². The molecule has 0 unspecified atom stereocenters. The largest absolute Gasteiger partial charge is 0.434 e. The zero-order valence-corrected chi connectivity index (χ0v) is 22.6. The lowest BCUT2D eigenvalue weighted by Crippen LogP contribution is -2.51. The van der Waals surface area contributed by atoms with Crippen LogP contribution in [0.25, 0.3) is 33.9 Å². The van der Waals surface area contributed by atoms with Crippen LogP contribution in [-0.4, -0.2) is 55.0 Å². The van der Waals surface area contributed by atoms with Crippen LogP contribution >= 0.6 is 11.6 Å². The fourth-order valence-corrected chi connectivity index (χ4v) is 6.05. The van der Waals surface area contributed by atoms with Crippen LogP contribution in [0.2, 0.25) is 5.02 Å². The minimum absolute atomic E-state index is 0.110. The summed E-state index contributed by atoms with van der Waals surface area (Å²) in [5, 5.41) is 6.86. The third-order valence-corrected chi connectivity index (χ3v) is 8.02. The van der Waals surface area contributed by atoms with Crippen LogP contribution < -0.4 is 10.7 Å². The molecule has 2 fully saturated rings. The number of aromatic amines is 1. The van der Waals surface area contributed by atoms with E-state index >= 15 is 0 Å². The predicted molar refractivity (Wildman–Crippen MR) is 145 cm³/mol. The Balaban J connectivity index is 1.59. The highest BCUT2D eigenvalue weighted by atomic mass is 35.5. The molecule has 1 saturated heterocycles. The molecule has 0 spiro atoms. The minimum Gasteiger partial charge on any atom is -0.386 e. The van der Waals surface area contributed by atoms with Crippen LogP contribution in [0.1, 0.15) is 46.5 Å². The molecule has 0 radical (unpaired) electrons. The van der Waals surface area contributed by atoms with Gasteiger partial charge in [-0.2, -0.15) is 0 Å². The van der Waals surface area contributed by atoms with Crippen LogP contribution in [0, 0.1) is 11.8 Å². The summed E-state index contributed by atoms with van der Waals surface area (Å²) in [6.45, 7) is 8.81. The minimum atomic E-state index is -0.637. The van der Waals surface area contributed by atoms with Crippen LogP contribution in [0.15, 0.2) is 33.7 Å². The van der Waals surface area contributed by atoms with Gasteiger partial charge in [0.05, 0.1) is 47.0 Å². The van der Waals surface area contributed by atoms with E-state index in [1.165, 1.54) is 25.7 Å². The van der Waals surface area contributed by atoms with Crippen molar-refractivity contribution >= 4 is 28.6 Å². The lowest BCUT2D eigenvalue weighted by atomic mass is 9.83. The molecule has 10 nitrogen and oxygen atoms in total. The smallest absolute Gasteiger partial charge is 0.386 e. The zero-order valence-electron chi connectivity index (χ0n) is 21.9. The van der Waals surface area contributed by atoms with E-state index in [2.05, 4.69) is 45.4 Å². The van der Waals surface area contributed by atoms with E-state index in [9.17, 15) is 4.79 Å². The van der Waals surface area contributed by atoms with Gasteiger partial charge in [-0.15, -0.1) is 5.10 Å². The number of nitrogens with zero attached hydrogens (tertiary/aromatic N) is 6. The Morgan fingerprint density at radius 2 is 1.82 bits per heavy atom. The van der Waals surface area contributed by atoms with Gasteiger partial charge in [0.15, 0.2) is 0 Å². The first-order chi connectivity index (χ1) is 18.4. The molecule has 6 rings (SSSR count). The van der Waals surface area contributed by atoms with E-state index in [0.717, 1.165) is 35.0 Å². The maximum absolute atomic E-state index is 11.7. The number of imidazole rings is 1. The van der Waals surface area contributed by atoms with E-state index in [4.69, 9.17) is 30.7 Å². The molecule has 200 valence electrons. The van der Waals surface area contributed by atoms with Gasteiger partial charge >= 0.3 is 5.76 Å². The van der Waals surface area contributed by atoms with Crippen LogP contribution in [0.4, 0.5) is 5.95 Å². The second-order valence-electron chi connectivity index (χ2n) is 10.8. The van der Waals surface area contributed by atoms with Crippen molar-refractivity contribution in [3.63, 3.8) is 0 Å². The number of anilines is 1. The number of aromatic nitrogens is 6. The Bertz CT molecular complexity index is 1490. The van der Waals surface area contributed by atoms with E-state index in [-0.39, 0.29) is 18.0 Å². The summed E-state index contributed by atoms with van der Waals surface area (Å²) in [4.78, 5) is 28.6. The number of morpholine rings is 1. The number of halogens is 1. The van der Waals surface area contributed by atoms with Gasteiger partial charge in [0.2, 0.25) is 5.95 Å². The van der Waals surface area contributed by atoms with Crippen molar-refractivity contribution in [2.45, 2.75) is 65.1 Å². The second-order valence-corrected chi connectivity index (χ2v) is 11.3. The Morgan fingerprint density at radius 1 is 1.05 bits per heavy atom. The molecule has 38 heavy (non-hydrogen) atoms. The highest BCUT2D eigenvalue weighted by molar-refractivity contribution is 6.30. The summed E-state index contributed by atoms with van der Waals surface area (Å²) < 4.78 is 13.4. The number of pyridine rings is 2. The van der Waals surface area contributed by atoms with Gasteiger partial charge in [-0.05, 0) is 50.7 Å². The number of fused-ring (bicyclic) bond motifs is 1. The topological polar surface area (TPSA) is 115 Å². The molecule has 2 aliphatic rings. The number of ether oxygens (including phenoxy) is 1. The summed E-state index contributed by atoms with van der Waals surface area (Å²) >= 11 is 6.37. The van der Waals surface area contributed by atoms with Gasteiger partial charge < -0.3 is 18.6 Å². The molecule has 1 saturated carbocycles. The third kappa shape index (κ3) is 4.71. The highest BCUT2D eigenvalue weighted by Gasteiger charge is 2.32. The first-order valence-corrected chi connectivity index (χ1v) is 13.7. The Morgan fingerprint density at radius 3 is 2.50 bits per heavy atom. The first-order valence-electron chi connectivity index (χ1n) is 13.3. The standard InChI is InChI=1S/C27H32ClN7O3/c1-15-4-6-18(7-5-15)12-34-24-21(31-26(34)35-16(2)13-37-14-17(35)3)9-22(25-32-33-27(36)38-25)30-23(24)19-8-20(28)11-29-10-19/h8-11,15-18H,4-7,12-14H2,1-3H3,(H,33,36)/t15?,16-,17-,18?/m1/s1. The molecule has 0 bridgehead atoms. The molecular weight excluding hydrogens is 506 g/mol. The SMILES string of the molecule is CC1CCC(Cn2c(N3[C@H](C)COC[C@H]3C)nc3cc(-c4n[nH]c(=O)o4)nc(-c4cncc(Cl)c4)c32)CC1. The van der Waals surface area contributed by atoms with Gasteiger partial charge in [0.25, 0.3) is 5.89 Å². The summed E-state index contributed by atoms with van der Waals surface area (Å²) in [6.07, 6.45) is 8.20. The summed E-state index contributed by atoms with van der Waals surface area (Å²) in [5.74, 6) is 1.69. The molecule has 4 aromatic rings. The molecular formula is C27H32ClN7O3. The van der Waals surface area contributed by atoms with E-state index < -0.39 is 5.76 Å². The number of hydrogen-bond acceptors (Lipinski definition) is 8. The molecule has 1 aliphatic heterocycles. The summed E-state index contributed by atoms with van der Waals surface area (Å²) in [6, 6.07) is 4.01. The Kier molecular flexibility index (Phi) is 6.69. The third-order valence-electron chi connectivity index (χ3n) is 7.81. The van der Waals surface area contributed by atoms with E-state index in [1.54, 1.807) is 12.4 Å². The molecule has 11 heteroatoms. The quantitative estimate of drug-likeness (QED) is 0.381. The fraction of sp³-hybridized carbons (Fsp3) is 0.519. The van der Waals surface area contributed by atoms with Gasteiger partial charge in [0.1, 0.15) is 5.69 Å². The lowest BCUT2D eigenvalue weighted by molar-refractivity contribution is 0.0741. The van der Waals surface area contributed by atoms with Crippen molar-refractivity contribution in [3.8, 4) is 22.8 Å². The van der Waals surface area contributed by atoms with Crippen LogP contribution in [0.3, 0.4) is 0 Å². The fourth-order valence-electron chi connectivity index (χ4n) is 5.87. The number of H-pyrrole nitrogens is 1. The highest BCUT2D eigenvalue weighted by Crippen LogP contribution is 2.38. The van der Waals surface area contributed by atoms with Gasteiger partial charge in [-0.1, -0.05) is 31.4 Å². The lowest BCUT2D eigenvalue weighted by Gasteiger charge is -2.40. The van der Waals surface area contributed by atoms with Gasteiger partial charge in [0, 0.05) is 24.5 Å². The average Bonchev–Trinajstić information content (AvgIpc) is 3.48. The van der Waals surface area contributed by atoms with Crippen molar-refractivity contribution in [2.24, 2.45) is 11.8 Å². The zero-order chi connectivity index (χ0) is 26.4. The van der Waals surface area contributed by atoms with Gasteiger partial charge in [-0.3, -0.25) is 4.98 Å². The number of rotatable bonds is 5. The van der Waals surface area contributed by atoms with Crippen molar-refractivity contribution in [1.82, 2.24) is 29.7 Å². The van der Waals surface area contributed by atoms with E-state index in [1.807, 2.05) is 12.1 Å². The monoisotopic (exact) mass is 537 g/mol. The molecule has 0 aromatic carbocycles. The predicted octanol–water partition coefficient (Wildman–Crippen LogP) is 4.93. The summed E-state index contributed by atoms with van der Waals surface area (Å²) in [7, 11) is 0. The van der Waals surface area contributed by atoms with Crippen molar-refractivity contribution < 1.29 is 9.15 Å². The van der Waals surface area contributed by atoms with Crippen LogP contribution in [0.5, 0.6) is 0 Å². The maximum atomic E-state index is 11.7. The molecule has 5 heterocycles. The number of nitrogens with one attached hydrogen (secondary N) is 1. The van der Waals surface area contributed by atoms with Crippen molar-refractivity contribution in [3.05, 3.63) is 40.1 Å². The number of hydrogen-bond donors (Lipinski definition) is 1. The van der Waals surface area contributed by atoms with Crippen LogP contribution in [-0.2, 0) is 11.3 Å². The average molecular weight is 538 g/mol. The molecule has 2 atom stereocenters. The molecule has 4 aromatic heterocycles. The molecule has 1 N–H and O–H groups in total. The molecule has 1 aliphatic carbocycles. The van der Waals surface area contributed by atoms with Crippen molar-refractivity contribution in [2.75, 3.05) is 18.1 Å². The maximum Gasteiger partial charge on any atom is 0.434 e. The Hall–Kier alpha value is -3.24. The first kappa shape index (κ1) is 25.1. The second kappa shape index (κ2) is 10.1. The normalized spacial score (nSPS) is 24.3. The Labute approximate surface area is 225 Å². The summed E-state index contributed by atoms with van der Waals surface area (Å²) in [5.41, 5.74) is 3.51.